The van der Waals surface area contributed by atoms with E-state index in [1.165, 1.54) is 6.42 Å². The molecule has 0 saturated carbocycles. The Morgan fingerprint density at radius 1 is 1.37 bits per heavy atom. The molecule has 0 bridgehead atoms. The van der Waals surface area contributed by atoms with Crippen molar-refractivity contribution in [3.8, 4) is 0 Å². The van der Waals surface area contributed by atoms with E-state index in [1.54, 1.807) is 0 Å². The summed E-state index contributed by atoms with van der Waals surface area (Å²) in [6, 6.07) is 0. The van der Waals surface area contributed by atoms with Crippen LogP contribution in [0.3, 0.4) is 0 Å². The number of hydrogen-bond donors (Lipinski definition) is 1. The summed E-state index contributed by atoms with van der Waals surface area (Å²) < 4.78 is 38.5. The number of alkyl halides is 3. The molecule has 2 unspecified atom stereocenters. The summed E-state index contributed by atoms with van der Waals surface area (Å²) >= 11 is 4.56. The van der Waals surface area contributed by atoms with E-state index in [2.05, 4.69) is 19.1 Å². The highest BCUT2D eigenvalue weighted by Crippen LogP contribution is 2.29. The van der Waals surface area contributed by atoms with Gasteiger partial charge in [0.15, 0.2) is 0 Å². The van der Waals surface area contributed by atoms with Gasteiger partial charge in [-0.2, -0.15) is 13.2 Å². The van der Waals surface area contributed by atoms with Crippen molar-refractivity contribution in [3.63, 3.8) is 0 Å². The first kappa shape index (κ1) is 16.7. The van der Waals surface area contributed by atoms with E-state index < -0.39 is 17.1 Å². The fraction of sp³-hybridized carbons (Fsp3) is 0.923. The quantitative estimate of drug-likeness (QED) is 0.789. The molecule has 1 heterocycles. The number of likely N-dealkylation sites (tertiary alicyclic amines) is 1. The highest BCUT2D eigenvalue weighted by atomic mass is 32.1. The molecule has 0 aromatic heterocycles. The minimum absolute atomic E-state index is 0.0856. The zero-order chi connectivity index (χ0) is 14.5. The van der Waals surface area contributed by atoms with Crippen LogP contribution in [-0.4, -0.2) is 35.7 Å². The maximum Gasteiger partial charge on any atom is 0.399 e. The number of thiocarbonyl (C=S) groups is 1. The Hall–Kier alpha value is -0.360. The lowest BCUT2D eigenvalue weighted by atomic mass is 9.96. The molecule has 0 aliphatic carbocycles. The van der Waals surface area contributed by atoms with E-state index >= 15 is 0 Å². The second-order valence-corrected chi connectivity index (χ2v) is 5.85. The zero-order valence-electron chi connectivity index (χ0n) is 11.4. The molecule has 1 aliphatic rings. The summed E-state index contributed by atoms with van der Waals surface area (Å²) in [5.74, 6) is -1.02. The maximum absolute atomic E-state index is 12.8. The Morgan fingerprint density at radius 3 is 2.58 bits per heavy atom. The predicted octanol–water partition coefficient (Wildman–Crippen LogP) is 3.35. The molecule has 112 valence electrons. The number of nitrogens with zero attached hydrogens (tertiary/aromatic N) is 1. The third kappa shape index (κ3) is 5.65. The van der Waals surface area contributed by atoms with E-state index in [-0.39, 0.29) is 6.54 Å². The Morgan fingerprint density at radius 2 is 2.05 bits per heavy atom. The fourth-order valence-corrected chi connectivity index (χ4v) is 2.93. The lowest BCUT2D eigenvalue weighted by Crippen LogP contribution is -2.43. The van der Waals surface area contributed by atoms with E-state index in [1.807, 2.05) is 4.90 Å². The summed E-state index contributed by atoms with van der Waals surface area (Å²) in [5, 5.41) is 0. The van der Waals surface area contributed by atoms with Crippen molar-refractivity contribution >= 4 is 17.2 Å². The van der Waals surface area contributed by atoms with Gasteiger partial charge in [0.25, 0.3) is 0 Å². The smallest absolute Gasteiger partial charge is 0.393 e. The standard InChI is InChI=1S/C13H23F3N2S/c1-2-4-10-5-3-7-18(8-6-10)9-11(12(17)19)13(14,15)16/h10-11H,2-9H2,1H3,(H2,17,19). The summed E-state index contributed by atoms with van der Waals surface area (Å²) in [5.41, 5.74) is 5.24. The van der Waals surface area contributed by atoms with Gasteiger partial charge in [-0.3, -0.25) is 0 Å². The van der Waals surface area contributed by atoms with Gasteiger partial charge >= 0.3 is 6.18 Å². The molecule has 2 atom stereocenters. The van der Waals surface area contributed by atoms with Crippen LogP contribution in [0.2, 0.25) is 0 Å². The van der Waals surface area contributed by atoms with E-state index in [0.29, 0.717) is 5.92 Å². The van der Waals surface area contributed by atoms with Crippen LogP contribution in [0.5, 0.6) is 0 Å². The average molecular weight is 296 g/mol. The van der Waals surface area contributed by atoms with Crippen molar-refractivity contribution in [2.75, 3.05) is 19.6 Å². The van der Waals surface area contributed by atoms with Crippen LogP contribution in [-0.2, 0) is 0 Å². The van der Waals surface area contributed by atoms with Gasteiger partial charge in [-0.15, -0.1) is 0 Å². The second kappa shape index (κ2) is 7.43. The number of hydrogen-bond acceptors (Lipinski definition) is 2. The Balaban J connectivity index is 2.54. The summed E-state index contributed by atoms with van der Waals surface area (Å²) in [6.45, 7) is 3.50. The van der Waals surface area contributed by atoms with Gasteiger partial charge in [-0.05, 0) is 38.3 Å². The molecular weight excluding hydrogens is 273 g/mol. The number of nitrogens with two attached hydrogens (primary N) is 1. The predicted molar refractivity (Wildman–Crippen MR) is 75.0 cm³/mol. The van der Waals surface area contributed by atoms with E-state index in [4.69, 9.17) is 5.73 Å². The zero-order valence-corrected chi connectivity index (χ0v) is 12.2. The molecule has 2 N–H and O–H groups in total. The minimum Gasteiger partial charge on any atom is -0.393 e. The highest BCUT2D eigenvalue weighted by molar-refractivity contribution is 7.80. The van der Waals surface area contributed by atoms with Crippen LogP contribution in [0.15, 0.2) is 0 Å². The van der Waals surface area contributed by atoms with Gasteiger partial charge < -0.3 is 10.6 Å². The van der Waals surface area contributed by atoms with Gasteiger partial charge in [0.05, 0.1) is 4.99 Å². The topological polar surface area (TPSA) is 29.3 Å². The molecule has 0 spiro atoms. The lowest BCUT2D eigenvalue weighted by molar-refractivity contribution is -0.159. The molecule has 2 nitrogen and oxygen atoms in total. The molecule has 1 fully saturated rings. The van der Waals surface area contributed by atoms with Crippen LogP contribution in [0, 0.1) is 11.8 Å². The molecular formula is C13H23F3N2S. The molecule has 0 radical (unpaired) electrons. The SMILES string of the molecule is CCCC1CCCN(CC(C(N)=S)C(F)(F)F)CC1. The molecule has 1 rings (SSSR count). The van der Waals surface area contributed by atoms with Crippen LogP contribution < -0.4 is 5.73 Å². The largest absolute Gasteiger partial charge is 0.399 e. The lowest BCUT2D eigenvalue weighted by Gasteiger charge is -2.27. The second-order valence-electron chi connectivity index (χ2n) is 5.38. The fourth-order valence-electron chi connectivity index (χ4n) is 2.72. The number of halogens is 3. The molecule has 0 aromatic carbocycles. The molecule has 1 aliphatic heterocycles. The van der Waals surface area contributed by atoms with Crippen molar-refractivity contribution in [3.05, 3.63) is 0 Å². The van der Waals surface area contributed by atoms with Crippen molar-refractivity contribution in [1.82, 2.24) is 4.90 Å². The average Bonchev–Trinajstić information content (AvgIpc) is 2.50. The third-order valence-corrected chi connectivity index (χ3v) is 4.10. The highest BCUT2D eigenvalue weighted by Gasteiger charge is 2.42. The van der Waals surface area contributed by atoms with Crippen molar-refractivity contribution in [2.24, 2.45) is 17.6 Å². The summed E-state index contributed by atoms with van der Waals surface area (Å²) in [4.78, 5) is 1.43. The molecule has 6 heteroatoms. The van der Waals surface area contributed by atoms with Crippen LogP contribution >= 0.6 is 12.2 Å². The molecule has 19 heavy (non-hydrogen) atoms. The van der Waals surface area contributed by atoms with Gasteiger partial charge in [0.1, 0.15) is 5.92 Å². The summed E-state index contributed by atoms with van der Waals surface area (Å²) in [7, 11) is 0. The van der Waals surface area contributed by atoms with Gasteiger partial charge in [-0.1, -0.05) is 32.0 Å². The minimum atomic E-state index is -4.33. The van der Waals surface area contributed by atoms with Gasteiger partial charge in [0.2, 0.25) is 0 Å². The van der Waals surface area contributed by atoms with Crippen LogP contribution in [0.4, 0.5) is 13.2 Å². The molecule has 1 saturated heterocycles. The van der Waals surface area contributed by atoms with E-state index in [0.717, 1.165) is 38.8 Å². The molecule has 0 aromatic rings. The Kier molecular flexibility index (Phi) is 6.53. The third-order valence-electron chi connectivity index (χ3n) is 3.82. The molecule has 0 amide bonds. The van der Waals surface area contributed by atoms with Crippen molar-refractivity contribution < 1.29 is 13.2 Å². The Labute approximate surface area is 118 Å². The first-order chi connectivity index (χ1) is 8.84. The monoisotopic (exact) mass is 296 g/mol. The van der Waals surface area contributed by atoms with Crippen LogP contribution in [0.25, 0.3) is 0 Å². The Bertz CT molecular complexity index is 294. The first-order valence-electron chi connectivity index (χ1n) is 6.93. The number of rotatable bonds is 5. The van der Waals surface area contributed by atoms with Gasteiger partial charge in [-0.25, -0.2) is 0 Å². The first-order valence-corrected chi connectivity index (χ1v) is 7.33. The van der Waals surface area contributed by atoms with E-state index in [9.17, 15) is 13.2 Å². The van der Waals surface area contributed by atoms with Crippen LogP contribution in [0.1, 0.15) is 39.0 Å². The van der Waals surface area contributed by atoms with Crippen molar-refractivity contribution in [2.45, 2.75) is 45.2 Å². The normalized spacial score (nSPS) is 23.9. The maximum atomic E-state index is 12.8. The van der Waals surface area contributed by atoms with Crippen molar-refractivity contribution in [1.29, 1.82) is 0 Å². The van der Waals surface area contributed by atoms with Gasteiger partial charge in [0, 0.05) is 6.54 Å². The summed E-state index contributed by atoms with van der Waals surface area (Å²) in [6.07, 6.45) is 1.05.